The highest BCUT2D eigenvalue weighted by Crippen LogP contribution is 2.28. The van der Waals surface area contributed by atoms with Crippen molar-refractivity contribution in [3.8, 4) is 0 Å². The minimum Gasteiger partial charge on any atom is -0.454 e. The van der Waals surface area contributed by atoms with Crippen molar-refractivity contribution < 1.29 is 27.5 Å². The van der Waals surface area contributed by atoms with Crippen molar-refractivity contribution >= 4 is 45.1 Å². The van der Waals surface area contributed by atoms with Crippen LogP contribution in [0.4, 0.5) is 5.69 Å². The number of ketones is 1. The molecule has 1 amide bonds. The molecule has 0 unspecified atom stereocenters. The van der Waals surface area contributed by atoms with Crippen molar-refractivity contribution in [2.45, 2.75) is 42.7 Å². The number of primary sulfonamides is 1. The van der Waals surface area contributed by atoms with Gasteiger partial charge in [0, 0.05) is 16.0 Å². The van der Waals surface area contributed by atoms with E-state index in [4.69, 9.17) is 9.88 Å². The van der Waals surface area contributed by atoms with Crippen LogP contribution in [-0.2, 0) is 24.3 Å². The van der Waals surface area contributed by atoms with Gasteiger partial charge < -0.3 is 10.1 Å². The SMILES string of the molecule is C[C@@H](Sc1ccccc1C(=O)OCC(=O)C(C)(C)C)C(=O)Nc1ccc(S(N)(=O)=O)cc1. The molecule has 0 fully saturated rings. The van der Waals surface area contributed by atoms with Crippen LogP contribution in [0.25, 0.3) is 0 Å². The molecular weight excluding hydrogens is 452 g/mol. The molecule has 0 heterocycles. The maximum atomic E-state index is 12.6. The number of ether oxygens (including phenoxy) is 1. The minimum atomic E-state index is -3.82. The molecule has 0 saturated carbocycles. The maximum Gasteiger partial charge on any atom is 0.339 e. The van der Waals surface area contributed by atoms with Crippen LogP contribution in [0.3, 0.4) is 0 Å². The number of carbonyl (C=O) groups is 3. The number of benzene rings is 2. The topological polar surface area (TPSA) is 133 Å². The van der Waals surface area contributed by atoms with E-state index in [2.05, 4.69) is 5.32 Å². The van der Waals surface area contributed by atoms with Gasteiger partial charge in [0.05, 0.1) is 15.7 Å². The zero-order chi connectivity index (χ0) is 24.1. The monoisotopic (exact) mass is 478 g/mol. The highest BCUT2D eigenvalue weighted by Gasteiger charge is 2.24. The molecule has 10 heteroatoms. The Kier molecular flexibility index (Phi) is 8.22. The first-order valence-electron chi connectivity index (χ1n) is 9.69. The van der Waals surface area contributed by atoms with Crippen LogP contribution in [-0.4, -0.2) is 37.9 Å². The number of amides is 1. The number of esters is 1. The van der Waals surface area contributed by atoms with Gasteiger partial charge in [0.15, 0.2) is 12.4 Å². The van der Waals surface area contributed by atoms with Crippen molar-refractivity contribution in [3.05, 3.63) is 54.1 Å². The summed E-state index contributed by atoms with van der Waals surface area (Å²) in [6, 6.07) is 12.1. The Hall–Kier alpha value is -2.69. The van der Waals surface area contributed by atoms with Gasteiger partial charge in [-0.05, 0) is 43.3 Å². The zero-order valence-electron chi connectivity index (χ0n) is 18.2. The Labute approximate surface area is 192 Å². The number of nitrogens with one attached hydrogen (secondary N) is 1. The number of anilines is 1. The molecule has 0 radical (unpaired) electrons. The van der Waals surface area contributed by atoms with Crippen molar-refractivity contribution in [3.63, 3.8) is 0 Å². The molecule has 1 atom stereocenters. The smallest absolute Gasteiger partial charge is 0.339 e. The van der Waals surface area contributed by atoms with Gasteiger partial charge in [0.2, 0.25) is 15.9 Å². The molecule has 0 aliphatic rings. The van der Waals surface area contributed by atoms with E-state index in [1.807, 2.05) is 0 Å². The summed E-state index contributed by atoms with van der Waals surface area (Å²) in [5, 5.41) is 7.17. The summed E-state index contributed by atoms with van der Waals surface area (Å²) in [7, 11) is -3.82. The number of sulfonamides is 1. The fraction of sp³-hybridized carbons (Fsp3) is 0.318. The first-order chi connectivity index (χ1) is 14.8. The second kappa shape index (κ2) is 10.3. The third-order valence-electron chi connectivity index (χ3n) is 4.40. The minimum absolute atomic E-state index is 0.0599. The van der Waals surface area contributed by atoms with E-state index >= 15 is 0 Å². The predicted octanol–water partition coefficient (Wildman–Crippen LogP) is 3.23. The Morgan fingerprint density at radius 2 is 1.66 bits per heavy atom. The average molecular weight is 479 g/mol. The van der Waals surface area contributed by atoms with E-state index in [0.717, 1.165) is 11.8 Å². The number of hydrogen-bond acceptors (Lipinski definition) is 7. The largest absolute Gasteiger partial charge is 0.454 e. The summed E-state index contributed by atoms with van der Waals surface area (Å²) >= 11 is 1.16. The standard InChI is InChI=1S/C22H26N2O6S2/c1-14(20(26)24-15-9-11-16(12-10-15)32(23,28)29)31-18-8-6-5-7-17(18)21(27)30-13-19(25)22(2,3)4/h5-12,14H,13H2,1-4H3,(H,24,26)(H2,23,28,29)/t14-/m1/s1. The van der Waals surface area contributed by atoms with Gasteiger partial charge in [0.25, 0.3) is 0 Å². The second-order valence-electron chi connectivity index (χ2n) is 8.06. The molecule has 32 heavy (non-hydrogen) atoms. The highest BCUT2D eigenvalue weighted by atomic mass is 32.2. The molecule has 2 aromatic carbocycles. The lowest BCUT2D eigenvalue weighted by Crippen LogP contribution is -2.26. The molecular formula is C22H26N2O6S2. The third kappa shape index (κ3) is 7.18. The van der Waals surface area contributed by atoms with Gasteiger partial charge in [0.1, 0.15) is 0 Å². The molecule has 3 N–H and O–H groups in total. The van der Waals surface area contributed by atoms with Crippen LogP contribution in [0.5, 0.6) is 0 Å². The molecule has 0 spiro atoms. The van der Waals surface area contributed by atoms with Gasteiger partial charge in [-0.2, -0.15) is 0 Å². The number of nitrogens with two attached hydrogens (primary N) is 1. The van der Waals surface area contributed by atoms with E-state index in [1.165, 1.54) is 24.3 Å². The number of thioether (sulfide) groups is 1. The molecule has 0 aliphatic heterocycles. The molecule has 172 valence electrons. The van der Waals surface area contributed by atoms with Crippen LogP contribution in [0.1, 0.15) is 38.1 Å². The Bertz CT molecular complexity index is 1110. The Balaban J connectivity index is 2.05. The predicted molar refractivity (Wildman–Crippen MR) is 123 cm³/mol. The summed E-state index contributed by atoms with van der Waals surface area (Å²) in [4.78, 5) is 37.6. The number of hydrogen-bond donors (Lipinski definition) is 2. The van der Waals surface area contributed by atoms with Crippen LogP contribution < -0.4 is 10.5 Å². The van der Waals surface area contributed by atoms with E-state index in [-0.39, 0.29) is 28.8 Å². The van der Waals surface area contributed by atoms with Crippen molar-refractivity contribution in [1.82, 2.24) is 0 Å². The van der Waals surface area contributed by atoms with E-state index in [0.29, 0.717) is 10.6 Å². The number of carbonyl (C=O) groups excluding carboxylic acids is 3. The van der Waals surface area contributed by atoms with Gasteiger partial charge >= 0.3 is 5.97 Å². The first-order valence-corrected chi connectivity index (χ1v) is 12.1. The summed E-state index contributed by atoms with van der Waals surface area (Å²) in [5.41, 5.74) is 0.0489. The van der Waals surface area contributed by atoms with Crippen molar-refractivity contribution in [2.24, 2.45) is 10.6 Å². The van der Waals surface area contributed by atoms with Crippen LogP contribution >= 0.6 is 11.8 Å². The maximum absolute atomic E-state index is 12.6. The van der Waals surface area contributed by atoms with Crippen molar-refractivity contribution in [2.75, 3.05) is 11.9 Å². The second-order valence-corrected chi connectivity index (χ2v) is 11.0. The summed E-state index contributed by atoms with van der Waals surface area (Å²) in [6.07, 6.45) is 0. The normalized spacial score (nSPS) is 12.7. The molecule has 2 rings (SSSR count). The fourth-order valence-corrected chi connectivity index (χ4v) is 3.88. The number of rotatable bonds is 8. The lowest BCUT2D eigenvalue weighted by Gasteiger charge is -2.17. The quantitative estimate of drug-likeness (QED) is 0.440. The molecule has 2 aromatic rings. The summed E-state index contributed by atoms with van der Waals surface area (Å²) in [5.74, 6) is -1.18. The van der Waals surface area contributed by atoms with Gasteiger partial charge in [-0.1, -0.05) is 32.9 Å². The average Bonchev–Trinajstić information content (AvgIpc) is 2.71. The summed E-state index contributed by atoms with van der Waals surface area (Å²) in [6.45, 7) is 6.58. The number of Topliss-reactive ketones (excluding diaryl/α,β-unsaturated/α-hetero) is 1. The molecule has 8 nitrogen and oxygen atoms in total. The third-order valence-corrected chi connectivity index (χ3v) is 6.51. The van der Waals surface area contributed by atoms with Crippen LogP contribution in [0.15, 0.2) is 58.3 Å². The summed E-state index contributed by atoms with van der Waals surface area (Å²) < 4.78 is 27.8. The Morgan fingerprint density at radius 1 is 1.06 bits per heavy atom. The van der Waals surface area contributed by atoms with E-state index in [1.54, 1.807) is 52.0 Å². The lowest BCUT2D eigenvalue weighted by atomic mass is 9.91. The van der Waals surface area contributed by atoms with E-state index in [9.17, 15) is 22.8 Å². The van der Waals surface area contributed by atoms with Gasteiger partial charge in [-0.25, -0.2) is 18.4 Å². The van der Waals surface area contributed by atoms with E-state index < -0.39 is 26.7 Å². The van der Waals surface area contributed by atoms with Gasteiger partial charge in [-0.15, -0.1) is 11.8 Å². The van der Waals surface area contributed by atoms with Crippen LogP contribution in [0, 0.1) is 5.41 Å². The molecule has 0 saturated heterocycles. The van der Waals surface area contributed by atoms with Crippen molar-refractivity contribution in [1.29, 1.82) is 0 Å². The van der Waals surface area contributed by atoms with Gasteiger partial charge in [-0.3, -0.25) is 9.59 Å². The molecule has 0 aliphatic carbocycles. The first kappa shape index (κ1) is 25.6. The molecule has 0 bridgehead atoms. The highest BCUT2D eigenvalue weighted by molar-refractivity contribution is 8.00. The molecule has 0 aromatic heterocycles. The fourth-order valence-electron chi connectivity index (χ4n) is 2.38. The lowest BCUT2D eigenvalue weighted by molar-refractivity contribution is -0.129. The Morgan fingerprint density at radius 3 is 2.22 bits per heavy atom. The van der Waals surface area contributed by atoms with Crippen LogP contribution in [0.2, 0.25) is 0 Å². The zero-order valence-corrected chi connectivity index (χ0v) is 19.9.